The van der Waals surface area contributed by atoms with Crippen LogP contribution < -0.4 is 5.32 Å². The van der Waals surface area contributed by atoms with Gasteiger partial charge in [-0.1, -0.05) is 26.0 Å². The maximum absolute atomic E-state index is 14.2. The summed E-state index contributed by atoms with van der Waals surface area (Å²) in [7, 11) is 3.76. The predicted molar refractivity (Wildman–Crippen MR) is 102 cm³/mol. The topological polar surface area (TPSA) is 58.1 Å². The molecular weight excluding hydrogens is 343 g/mol. The van der Waals surface area contributed by atoms with E-state index in [0.717, 1.165) is 24.1 Å². The Bertz CT molecular complexity index is 911. The predicted octanol–water partition coefficient (Wildman–Crippen LogP) is 3.07. The van der Waals surface area contributed by atoms with E-state index in [9.17, 15) is 9.18 Å². The molecule has 1 aromatic carbocycles. The maximum atomic E-state index is 14.2. The van der Waals surface area contributed by atoms with Crippen LogP contribution in [0.1, 0.15) is 43.9 Å². The quantitative estimate of drug-likeness (QED) is 0.901. The lowest BCUT2D eigenvalue weighted by atomic mass is 9.75. The Kier molecular flexibility index (Phi) is 4.07. The smallest absolute Gasteiger partial charge is 0.234 e. The molecule has 4 rings (SSSR count). The van der Waals surface area contributed by atoms with E-state index in [0.29, 0.717) is 17.8 Å². The highest BCUT2D eigenvalue weighted by Gasteiger charge is 2.64. The number of carbonyl (C=O) groups excluding carboxylic acids is 1. The van der Waals surface area contributed by atoms with Crippen molar-refractivity contribution >= 4 is 5.91 Å². The van der Waals surface area contributed by atoms with Crippen LogP contribution in [0.15, 0.2) is 30.3 Å². The first-order valence-electron chi connectivity index (χ1n) is 9.35. The van der Waals surface area contributed by atoms with Gasteiger partial charge in [-0.3, -0.25) is 4.79 Å². The molecule has 142 valence electrons. The zero-order valence-electron chi connectivity index (χ0n) is 16.2. The molecule has 1 saturated carbocycles. The number of rotatable bonds is 4. The summed E-state index contributed by atoms with van der Waals surface area (Å²) in [5, 5.41) is 12.1. The number of carbonyl (C=O) groups is 1. The van der Waals surface area contributed by atoms with Gasteiger partial charge < -0.3 is 10.2 Å². The molecule has 1 aromatic heterocycles. The minimum absolute atomic E-state index is 0.0124. The Hall–Kier alpha value is -2.34. The molecule has 2 aliphatic carbocycles. The summed E-state index contributed by atoms with van der Waals surface area (Å²) >= 11 is 0. The third-order valence-electron chi connectivity index (χ3n) is 6.34. The summed E-state index contributed by atoms with van der Waals surface area (Å²) in [6.45, 7) is 4.70. The van der Waals surface area contributed by atoms with Crippen LogP contribution in [0.5, 0.6) is 0 Å². The SMILES string of the molecule is CN(C)CC(=O)NC12CC[C@@H](c3cc(-c4ccccc4F)nnc31)C2(C)C. The molecule has 2 bridgehead atoms. The van der Waals surface area contributed by atoms with Crippen molar-refractivity contribution in [1.82, 2.24) is 20.4 Å². The zero-order chi connectivity index (χ0) is 19.4. The van der Waals surface area contributed by atoms with E-state index in [1.165, 1.54) is 6.07 Å². The highest BCUT2D eigenvalue weighted by molar-refractivity contribution is 5.80. The number of aromatic nitrogens is 2. The molecule has 2 atom stereocenters. The van der Waals surface area contributed by atoms with E-state index in [4.69, 9.17) is 0 Å². The molecule has 1 N–H and O–H groups in total. The van der Waals surface area contributed by atoms with Crippen LogP contribution in [-0.2, 0) is 10.3 Å². The first-order valence-corrected chi connectivity index (χ1v) is 9.35. The molecule has 1 unspecified atom stereocenters. The lowest BCUT2D eigenvalue weighted by molar-refractivity contribution is -0.125. The van der Waals surface area contributed by atoms with Gasteiger partial charge in [0.25, 0.3) is 0 Å². The van der Waals surface area contributed by atoms with Crippen molar-refractivity contribution in [1.29, 1.82) is 0 Å². The molecule has 1 amide bonds. The fourth-order valence-electron chi connectivity index (χ4n) is 4.96. The third-order valence-corrected chi connectivity index (χ3v) is 6.34. The van der Waals surface area contributed by atoms with Crippen LogP contribution in [0.25, 0.3) is 11.3 Å². The number of nitrogens with one attached hydrogen (secondary N) is 1. The fraction of sp³-hybridized carbons (Fsp3) is 0.476. The number of amides is 1. The van der Waals surface area contributed by atoms with Gasteiger partial charge in [-0.05, 0) is 56.6 Å². The van der Waals surface area contributed by atoms with Gasteiger partial charge >= 0.3 is 0 Å². The average molecular weight is 368 g/mol. The Morgan fingerprint density at radius 1 is 1.30 bits per heavy atom. The van der Waals surface area contributed by atoms with E-state index in [-0.39, 0.29) is 23.1 Å². The summed E-state index contributed by atoms with van der Waals surface area (Å²) < 4.78 is 14.2. The lowest BCUT2D eigenvalue weighted by Crippen LogP contribution is -2.53. The minimum atomic E-state index is -0.513. The van der Waals surface area contributed by atoms with Crippen molar-refractivity contribution in [3.8, 4) is 11.3 Å². The standard InChI is InChI=1S/C21H25FN4O/c1-20(2)15-9-10-21(20,23-18(27)12-26(3)4)19-14(15)11-17(24-25-19)13-7-5-6-8-16(13)22/h5-8,11,15H,9-10,12H2,1-4H3,(H,23,27)/t15-,21?/m0/s1. The summed E-state index contributed by atoms with van der Waals surface area (Å²) in [5.74, 6) is -0.0436. The molecule has 5 nitrogen and oxygen atoms in total. The molecule has 27 heavy (non-hydrogen) atoms. The first-order chi connectivity index (χ1) is 12.8. The van der Waals surface area contributed by atoms with Gasteiger partial charge in [0.1, 0.15) is 5.82 Å². The maximum Gasteiger partial charge on any atom is 0.234 e. The number of fused-ring (bicyclic) bond motifs is 5. The largest absolute Gasteiger partial charge is 0.343 e. The summed E-state index contributed by atoms with van der Waals surface area (Å²) in [5.41, 5.74) is 2.25. The van der Waals surface area contributed by atoms with Gasteiger partial charge in [-0.2, -0.15) is 10.2 Å². The minimum Gasteiger partial charge on any atom is -0.343 e. The highest BCUT2D eigenvalue weighted by Crippen LogP contribution is 2.66. The molecule has 0 saturated heterocycles. The van der Waals surface area contributed by atoms with Crippen LogP contribution in [-0.4, -0.2) is 41.6 Å². The van der Waals surface area contributed by atoms with Crippen molar-refractivity contribution in [2.45, 2.75) is 38.1 Å². The molecule has 0 aliphatic heterocycles. The van der Waals surface area contributed by atoms with E-state index in [2.05, 4.69) is 29.4 Å². The Morgan fingerprint density at radius 3 is 2.74 bits per heavy atom. The third kappa shape index (κ3) is 2.57. The molecule has 6 heteroatoms. The van der Waals surface area contributed by atoms with Gasteiger partial charge in [0.05, 0.1) is 23.5 Å². The number of halogens is 1. The highest BCUT2D eigenvalue weighted by atomic mass is 19.1. The van der Waals surface area contributed by atoms with Crippen LogP contribution in [0, 0.1) is 11.2 Å². The van der Waals surface area contributed by atoms with Crippen molar-refractivity contribution in [3.05, 3.63) is 47.4 Å². The number of hydrogen-bond acceptors (Lipinski definition) is 4. The Balaban J connectivity index is 1.77. The summed E-state index contributed by atoms with van der Waals surface area (Å²) in [6, 6.07) is 8.58. The Labute approximate surface area is 159 Å². The normalized spacial score (nSPS) is 24.9. The molecule has 1 heterocycles. The second-order valence-electron chi connectivity index (χ2n) is 8.52. The van der Waals surface area contributed by atoms with Gasteiger partial charge in [0.2, 0.25) is 5.91 Å². The van der Waals surface area contributed by atoms with Crippen molar-refractivity contribution in [3.63, 3.8) is 0 Å². The Morgan fingerprint density at radius 2 is 2.04 bits per heavy atom. The summed E-state index contributed by atoms with van der Waals surface area (Å²) in [4.78, 5) is 14.4. The molecular formula is C21H25FN4O. The van der Waals surface area contributed by atoms with E-state index in [1.807, 2.05) is 25.1 Å². The van der Waals surface area contributed by atoms with Crippen LogP contribution in [0.3, 0.4) is 0 Å². The number of likely N-dealkylation sites (N-methyl/N-ethyl adjacent to an activating group) is 1. The molecule has 1 fully saturated rings. The average Bonchev–Trinajstić information content (AvgIpc) is 2.94. The monoisotopic (exact) mass is 368 g/mol. The van der Waals surface area contributed by atoms with Crippen molar-refractivity contribution in [2.24, 2.45) is 5.41 Å². The van der Waals surface area contributed by atoms with Crippen LogP contribution >= 0.6 is 0 Å². The molecule has 0 spiro atoms. The van der Waals surface area contributed by atoms with Crippen LogP contribution in [0.2, 0.25) is 0 Å². The summed E-state index contributed by atoms with van der Waals surface area (Å²) in [6.07, 6.45) is 1.83. The number of nitrogens with zero attached hydrogens (tertiary/aromatic N) is 3. The van der Waals surface area contributed by atoms with Crippen molar-refractivity contribution < 1.29 is 9.18 Å². The molecule has 0 radical (unpaired) electrons. The molecule has 2 aromatic rings. The van der Waals surface area contributed by atoms with E-state index >= 15 is 0 Å². The van der Waals surface area contributed by atoms with Gasteiger partial charge in [-0.15, -0.1) is 0 Å². The first kappa shape index (κ1) is 18.0. The van der Waals surface area contributed by atoms with Gasteiger partial charge in [-0.25, -0.2) is 4.39 Å². The lowest BCUT2D eigenvalue weighted by Gasteiger charge is -2.38. The second-order valence-corrected chi connectivity index (χ2v) is 8.52. The van der Waals surface area contributed by atoms with E-state index < -0.39 is 5.54 Å². The van der Waals surface area contributed by atoms with Gasteiger partial charge in [0, 0.05) is 11.0 Å². The van der Waals surface area contributed by atoms with Crippen LogP contribution in [0.4, 0.5) is 4.39 Å². The number of benzene rings is 1. The fourth-order valence-corrected chi connectivity index (χ4v) is 4.96. The van der Waals surface area contributed by atoms with Gasteiger partial charge in [0.15, 0.2) is 0 Å². The van der Waals surface area contributed by atoms with E-state index in [1.54, 1.807) is 18.2 Å². The molecule has 2 aliphatic rings. The second kappa shape index (κ2) is 6.09. The van der Waals surface area contributed by atoms with Crippen molar-refractivity contribution in [2.75, 3.05) is 20.6 Å². The number of hydrogen-bond donors (Lipinski definition) is 1. The zero-order valence-corrected chi connectivity index (χ0v) is 16.2.